The molecular formula is C15H19NOSi. The van der Waals surface area contributed by atoms with Gasteiger partial charge >= 0.3 is 0 Å². The van der Waals surface area contributed by atoms with E-state index in [2.05, 4.69) is 43.2 Å². The zero-order chi connectivity index (χ0) is 13.3. The van der Waals surface area contributed by atoms with E-state index in [1.165, 1.54) is 5.56 Å². The van der Waals surface area contributed by atoms with Gasteiger partial charge in [-0.15, -0.1) is 5.54 Å². The molecule has 3 heteroatoms. The SMILES string of the molecule is C[Si](C)(C)C#Cc1cccc(C2C[C@@H]2C(N)=O)c1. The first-order chi connectivity index (χ1) is 8.37. The molecule has 0 heterocycles. The molecule has 2 nitrogen and oxygen atoms in total. The predicted octanol–water partition coefficient (Wildman–Crippen LogP) is 2.50. The number of amides is 1. The lowest BCUT2D eigenvalue weighted by molar-refractivity contribution is -0.119. The average Bonchev–Trinajstić information content (AvgIpc) is 3.06. The van der Waals surface area contributed by atoms with Crippen LogP contribution in [0.1, 0.15) is 23.5 Å². The molecule has 0 bridgehead atoms. The molecule has 2 atom stereocenters. The molecular weight excluding hydrogens is 238 g/mol. The summed E-state index contributed by atoms with van der Waals surface area (Å²) < 4.78 is 0. The van der Waals surface area contributed by atoms with E-state index in [9.17, 15) is 4.79 Å². The number of hydrogen-bond acceptors (Lipinski definition) is 1. The van der Waals surface area contributed by atoms with E-state index in [4.69, 9.17) is 5.73 Å². The van der Waals surface area contributed by atoms with E-state index in [-0.39, 0.29) is 11.8 Å². The van der Waals surface area contributed by atoms with E-state index in [1.807, 2.05) is 12.1 Å². The molecule has 0 radical (unpaired) electrons. The number of nitrogens with two attached hydrogens (primary N) is 1. The fraction of sp³-hybridized carbons (Fsp3) is 0.400. The van der Waals surface area contributed by atoms with Gasteiger partial charge in [0.1, 0.15) is 8.07 Å². The summed E-state index contributed by atoms with van der Waals surface area (Å²) in [6, 6.07) is 8.20. The lowest BCUT2D eigenvalue weighted by atomic mass is 10.1. The number of carbonyl (C=O) groups is 1. The molecule has 1 amide bonds. The van der Waals surface area contributed by atoms with Crippen molar-refractivity contribution in [3.05, 3.63) is 35.4 Å². The van der Waals surface area contributed by atoms with Gasteiger partial charge in [-0.1, -0.05) is 37.7 Å². The first-order valence-corrected chi connectivity index (χ1v) is 9.79. The van der Waals surface area contributed by atoms with Crippen LogP contribution in [0.25, 0.3) is 0 Å². The Labute approximate surface area is 110 Å². The second-order valence-electron chi connectivity index (χ2n) is 5.98. The van der Waals surface area contributed by atoms with Gasteiger partial charge in [0.15, 0.2) is 0 Å². The van der Waals surface area contributed by atoms with E-state index in [1.54, 1.807) is 0 Å². The Morgan fingerprint density at radius 1 is 1.39 bits per heavy atom. The summed E-state index contributed by atoms with van der Waals surface area (Å²) >= 11 is 0. The van der Waals surface area contributed by atoms with Gasteiger partial charge in [0.2, 0.25) is 5.91 Å². The normalized spacial score (nSPS) is 21.9. The van der Waals surface area contributed by atoms with Crippen LogP contribution in [0.5, 0.6) is 0 Å². The van der Waals surface area contributed by atoms with E-state index >= 15 is 0 Å². The third kappa shape index (κ3) is 3.24. The van der Waals surface area contributed by atoms with Gasteiger partial charge in [0.05, 0.1) is 0 Å². The van der Waals surface area contributed by atoms with Gasteiger partial charge in [-0.2, -0.15) is 0 Å². The first-order valence-electron chi connectivity index (χ1n) is 6.29. The number of carbonyl (C=O) groups excluding carboxylic acids is 1. The molecule has 2 N–H and O–H groups in total. The first kappa shape index (κ1) is 12.9. The average molecular weight is 257 g/mol. The Kier molecular flexibility index (Phi) is 3.31. The van der Waals surface area contributed by atoms with Crippen LogP contribution in [0.4, 0.5) is 0 Å². The van der Waals surface area contributed by atoms with Crippen LogP contribution < -0.4 is 5.73 Å². The van der Waals surface area contributed by atoms with Crippen LogP contribution in [0.15, 0.2) is 24.3 Å². The Balaban J connectivity index is 2.16. The van der Waals surface area contributed by atoms with Gasteiger partial charge in [0, 0.05) is 11.5 Å². The molecule has 2 rings (SSSR count). The summed E-state index contributed by atoms with van der Waals surface area (Å²) in [6.07, 6.45) is 0.889. The highest BCUT2D eigenvalue weighted by Gasteiger charge is 2.42. The summed E-state index contributed by atoms with van der Waals surface area (Å²) in [7, 11) is -1.34. The van der Waals surface area contributed by atoms with Crippen molar-refractivity contribution < 1.29 is 4.79 Å². The van der Waals surface area contributed by atoms with Crippen LogP contribution >= 0.6 is 0 Å². The molecule has 1 saturated carbocycles. The maximum atomic E-state index is 11.1. The van der Waals surface area contributed by atoms with Crippen molar-refractivity contribution in [2.75, 3.05) is 0 Å². The zero-order valence-corrected chi connectivity index (χ0v) is 12.2. The predicted molar refractivity (Wildman–Crippen MR) is 76.7 cm³/mol. The number of hydrogen-bond donors (Lipinski definition) is 1. The van der Waals surface area contributed by atoms with Crippen molar-refractivity contribution >= 4 is 14.0 Å². The van der Waals surface area contributed by atoms with Crippen molar-refractivity contribution in [3.63, 3.8) is 0 Å². The fourth-order valence-electron chi connectivity index (χ4n) is 1.98. The van der Waals surface area contributed by atoms with Crippen molar-refractivity contribution in [2.45, 2.75) is 32.0 Å². The van der Waals surface area contributed by atoms with Crippen molar-refractivity contribution in [3.8, 4) is 11.5 Å². The van der Waals surface area contributed by atoms with Gasteiger partial charge in [0.25, 0.3) is 0 Å². The zero-order valence-electron chi connectivity index (χ0n) is 11.2. The number of rotatable bonds is 2. The number of benzene rings is 1. The number of primary amides is 1. The second kappa shape index (κ2) is 4.62. The van der Waals surface area contributed by atoms with Crippen molar-refractivity contribution in [2.24, 2.45) is 11.7 Å². The van der Waals surface area contributed by atoms with Gasteiger partial charge in [-0.25, -0.2) is 0 Å². The molecule has 1 aromatic rings. The standard InChI is InChI=1S/C15H19NOSi/c1-18(2,3)8-7-11-5-4-6-12(9-11)13-10-14(13)15(16)17/h4-6,9,13-14H,10H2,1-3H3,(H2,16,17)/t13?,14-/m0/s1. The Morgan fingerprint density at radius 2 is 2.11 bits per heavy atom. The van der Waals surface area contributed by atoms with Gasteiger partial charge < -0.3 is 5.73 Å². The van der Waals surface area contributed by atoms with Crippen molar-refractivity contribution in [1.82, 2.24) is 0 Å². The third-order valence-electron chi connectivity index (χ3n) is 3.05. The van der Waals surface area contributed by atoms with Crippen LogP contribution in [-0.4, -0.2) is 14.0 Å². The van der Waals surface area contributed by atoms with Crippen molar-refractivity contribution in [1.29, 1.82) is 0 Å². The molecule has 1 aromatic carbocycles. The maximum absolute atomic E-state index is 11.1. The lowest BCUT2D eigenvalue weighted by Gasteiger charge is -2.04. The molecule has 0 aliphatic heterocycles. The molecule has 0 saturated heterocycles. The third-order valence-corrected chi connectivity index (χ3v) is 3.93. The fourth-order valence-corrected chi connectivity index (χ4v) is 2.50. The summed E-state index contributed by atoms with van der Waals surface area (Å²) in [5, 5.41) is 0. The minimum Gasteiger partial charge on any atom is -0.369 e. The molecule has 0 aromatic heterocycles. The highest BCUT2D eigenvalue weighted by molar-refractivity contribution is 6.83. The summed E-state index contributed by atoms with van der Waals surface area (Å²) in [5.41, 5.74) is 10.9. The molecule has 1 aliphatic rings. The van der Waals surface area contributed by atoms with Crippen LogP contribution in [0.3, 0.4) is 0 Å². The Morgan fingerprint density at radius 3 is 2.67 bits per heavy atom. The summed E-state index contributed by atoms with van der Waals surface area (Å²) in [6.45, 7) is 6.69. The summed E-state index contributed by atoms with van der Waals surface area (Å²) in [5.74, 6) is 3.41. The van der Waals surface area contributed by atoms with E-state index in [0.717, 1.165) is 12.0 Å². The second-order valence-corrected chi connectivity index (χ2v) is 10.7. The van der Waals surface area contributed by atoms with E-state index < -0.39 is 8.07 Å². The minimum absolute atomic E-state index is 0.0326. The molecule has 94 valence electrons. The smallest absolute Gasteiger partial charge is 0.221 e. The van der Waals surface area contributed by atoms with Crippen LogP contribution in [0, 0.1) is 17.4 Å². The highest BCUT2D eigenvalue weighted by atomic mass is 28.3. The monoisotopic (exact) mass is 257 g/mol. The maximum Gasteiger partial charge on any atom is 0.221 e. The van der Waals surface area contributed by atoms with E-state index in [0.29, 0.717) is 5.92 Å². The largest absolute Gasteiger partial charge is 0.369 e. The molecule has 0 spiro atoms. The molecule has 1 fully saturated rings. The van der Waals surface area contributed by atoms with Crippen LogP contribution in [-0.2, 0) is 4.79 Å². The van der Waals surface area contributed by atoms with Crippen LogP contribution in [0.2, 0.25) is 19.6 Å². The van der Waals surface area contributed by atoms with Gasteiger partial charge in [-0.3, -0.25) is 4.79 Å². The Hall–Kier alpha value is -1.53. The molecule has 1 unspecified atom stereocenters. The highest BCUT2D eigenvalue weighted by Crippen LogP contribution is 2.47. The minimum atomic E-state index is -1.34. The molecule has 1 aliphatic carbocycles. The quantitative estimate of drug-likeness (QED) is 0.642. The van der Waals surface area contributed by atoms with Gasteiger partial charge in [-0.05, 0) is 30.0 Å². The molecule has 18 heavy (non-hydrogen) atoms. The Bertz CT molecular complexity index is 533. The summed E-state index contributed by atoms with van der Waals surface area (Å²) in [4.78, 5) is 11.1. The lowest BCUT2D eigenvalue weighted by Crippen LogP contribution is -2.16. The topological polar surface area (TPSA) is 43.1 Å².